The average molecular weight is 501 g/mol. The molecule has 0 spiro atoms. The monoisotopic (exact) mass is 500 g/mol. The van der Waals surface area contributed by atoms with Crippen molar-refractivity contribution in [1.29, 1.82) is 0 Å². The van der Waals surface area contributed by atoms with Crippen molar-refractivity contribution in [1.82, 2.24) is 14.3 Å². The summed E-state index contributed by atoms with van der Waals surface area (Å²) in [6.45, 7) is -0.110. The zero-order chi connectivity index (χ0) is 25.2. The van der Waals surface area contributed by atoms with Gasteiger partial charge in [-0.1, -0.05) is 72.3 Å². The highest BCUT2D eigenvalue weighted by Crippen LogP contribution is 2.32. The molecule has 1 unspecified atom stereocenters. The van der Waals surface area contributed by atoms with Crippen molar-refractivity contribution in [2.45, 2.75) is 25.2 Å². The van der Waals surface area contributed by atoms with E-state index in [9.17, 15) is 22.8 Å². The molecule has 10 heteroatoms. The Morgan fingerprint density at radius 1 is 0.914 bits per heavy atom. The van der Waals surface area contributed by atoms with Crippen molar-refractivity contribution >= 4 is 11.6 Å². The molecule has 1 aromatic heterocycles. The van der Waals surface area contributed by atoms with Crippen molar-refractivity contribution in [3.8, 4) is 5.69 Å². The summed E-state index contributed by atoms with van der Waals surface area (Å²) in [5.41, 5.74) is 4.15. The summed E-state index contributed by atoms with van der Waals surface area (Å²) in [6.07, 6.45) is -5.07. The van der Waals surface area contributed by atoms with Gasteiger partial charge in [0.05, 0.1) is 22.8 Å². The fraction of sp³-hybridized carbons (Fsp3) is 0.160. The molecule has 0 fully saturated rings. The van der Waals surface area contributed by atoms with E-state index in [1.807, 2.05) is 6.07 Å². The van der Waals surface area contributed by atoms with Crippen LogP contribution in [0.15, 0.2) is 88.5 Å². The van der Waals surface area contributed by atoms with Crippen LogP contribution in [0.25, 0.3) is 5.69 Å². The topological polar surface area (TPSA) is 82.9 Å². The molecule has 0 aliphatic heterocycles. The highest BCUT2D eigenvalue weighted by atomic mass is 35.5. The highest BCUT2D eigenvalue weighted by molar-refractivity contribution is 6.32. The summed E-state index contributed by atoms with van der Waals surface area (Å²) < 4.78 is 42.5. The molecular weight excluding hydrogens is 481 g/mol. The lowest BCUT2D eigenvalue weighted by molar-refractivity contribution is -0.138. The van der Waals surface area contributed by atoms with Crippen LogP contribution < -0.4 is 17.0 Å². The second-order valence-electron chi connectivity index (χ2n) is 7.85. The third kappa shape index (κ3) is 5.21. The third-order valence-electron chi connectivity index (χ3n) is 5.47. The molecule has 2 N–H and O–H groups in total. The van der Waals surface area contributed by atoms with Crippen LogP contribution in [0.4, 0.5) is 13.2 Å². The van der Waals surface area contributed by atoms with Gasteiger partial charge in [-0.2, -0.15) is 18.3 Å². The van der Waals surface area contributed by atoms with Gasteiger partial charge in [0.1, 0.15) is 5.69 Å². The number of hydrogen-bond acceptors (Lipinski definition) is 4. The number of halogens is 4. The Balaban J connectivity index is 1.88. The molecule has 6 nitrogen and oxygen atoms in total. The van der Waals surface area contributed by atoms with Gasteiger partial charge in [0, 0.05) is 12.5 Å². The van der Waals surface area contributed by atoms with Crippen molar-refractivity contribution in [3.63, 3.8) is 0 Å². The second-order valence-corrected chi connectivity index (χ2v) is 8.26. The first-order chi connectivity index (χ1) is 16.7. The van der Waals surface area contributed by atoms with Crippen LogP contribution in [-0.4, -0.2) is 14.3 Å². The molecule has 4 rings (SSSR count). The van der Waals surface area contributed by atoms with E-state index in [1.54, 1.807) is 36.4 Å². The largest absolute Gasteiger partial charge is 0.416 e. The Labute approximate surface area is 203 Å². The summed E-state index contributed by atoms with van der Waals surface area (Å²) in [5, 5.41) is 4.28. The lowest BCUT2D eigenvalue weighted by atomic mass is 10.0. The van der Waals surface area contributed by atoms with Gasteiger partial charge in [0.25, 0.3) is 5.56 Å². The number of rotatable bonds is 6. The lowest BCUT2D eigenvalue weighted by Gasteiger charge is -2.17. The van der Waals surface area contributed by atoms with Gasteiger partial charge < -0.3 is 5.73 Å². The molecule has 0 radical (unpaired) electrons. The van der Waals surface area contributed by atoms with Crippen LogP contribution in [0.5, 0.6) is 0 Å². The molecule has 0 aliphatic carbocycles. The van der Waals surface area contributed by atoms with E-state index in [0.717, 1.165) is 20.9 Å². The van der Waals surface area contributed by atoms with Crippen molar-refractivity contribution in [2.24, 2.45) is 5.73 Å². The Morgan fingerprint density at radius 3 is 2.23 bits per heavy atom. The number of aromatic nitrogens is 3. The van der Waals surface area contributed by atoms with Crippen molar-refractivity contribution < 1.29 is 13.2 Å². The normalized spacial score (nSPS) is 12.5. The maximum absolute atomic E-state index is 13.6. The molecule has 1 atom stereocenters. The average Bonchev–Trinajstić information content (AvgIpc) is 2.83. The van der Waals surface area contributed by atoms with Crippen molar-refractivity contribution in [3.05, 3.63) is 127 Å². The summed E-state index contributed by atoms with van der Waals surface area (Å²) in [7, 11) is 0. The van der Waals surface area contributed by atoms with Crippen LogP contribution in [0.3, 0.4) is 0 Å². The molecule has 4 aromatic rings. The number of hydrogen-bond donors (Lipinski definition) is 1. The summed E-state index contributed by atoms with van der Waals surface area (Å²) in [4.78, 5) is 26.6. The van der Waals surface area contributed by atoms with Crippen molar-refractivity contribution in [2.75, 3.05) is 0 Å². The van der Waals surface area contributed by atoms with Gasteiger partial charge in [-0.25, -0.2) is 14.0 Å². The van der Waals surface area contributed by atoms with Crippen LogP contribution in [-0.2, 0) is 19.1 Å². The molecule has 180 valence electrons. The van der Waals surface area contributed by atoms with Crippen LogP contribution in [0, 0.1) is 0 Å². The molecule has 0 bridgehead atoms. The first-order valence-electron chi connectivity index (χ1n) is 10.6. The fourth-order valence-electron chi connectivity index (χ4n) is 3.76. The minimum atomic E-state index is -4.62. The van der Waals surface area contributed by atoms with E-state index >= 15 is 0 Å². The van der Waals surface area contributed by atoms with E-state index in [2.05, 4.69) is 5.10 Å². The number of benzene rings is 3. The third-order valence-corrected chi connectivity index (χ3v) is 5.79. The zero-order valence-corrected chi connectivity index (χ0v) is 19.0. The first kappa shape index (κ1) is 24.4. The first-order valence-corrected chi connectivity index (χ1v) is 11.0. The predicted molar refractivity (Wildman–Crippen MR) is 127 cm³/mol. The Morgan fingerprint density at radius 2 is 1.54 bits per heavy atom. The van der Waals surface area contributed by atoms with E-state index < -0.39 is 35.5 Å². The standard InChI is InChI=1S/C25H20ClF3N4O2/c26-19-12-6-7-13-22(19)33-23(34)21(14-17-10-4-5-11-18(17)25(27,28)29)31-32(24(33)35)15-20(30)16-8-2-1-3-9-16/h1-13,20H,14-15,30H2. The number of para-hydroxylation sites is 1. The number of alkyl halides is 3. The number of nitrogens with zero attached hydrogens (tertiary/aromatic N) is 3. The highest BCUT2D eigenvalue weighted by Gasteiger charge is 2.33. The van der Waals surface area contributed by atoms with Crippen LogP contribution in [0.2, 0.25) is 5.02 Å². The van der Waals surface area contributed by atoms with E-state index in [4.69, 9.17) is 17.3 Å². The molecule has 0 aliphatic rings. The van der Waals surface area contributed by atoms with E-state index in [0.29, 0.717) is 0 Å². The molecule has 35 heavy (non-hydrogen) atoms. The van der Waals surface area contributed by atoms with Gasteiger partial charge in [-0.05, 0) is 29.3 Å². The van der Waals surface area contributed by atoms with E-state index in [-0.39, 0.29) is 28.5 Å². The number of nitrogens with two attached hydrogens (primary N) is 1. The van der Waals surface area contributed by atoms with Gasteiger partial charge in [0.15, 0.2) is 0 Å². The Kier molecular flexibility index (Phi) is 6.90. The molecular formula is C25H20ClF3N4O2. The van der Waals surface area contributed by atoms with Gasteiger partial charge in [0.2, 0.25) is 0 Å². The smallest absolute Gasteiger partial charge is 0.322 e. The lowest BCUT2D eigenvalue weighted by Crippen LogP contribution is -2.44. The SMILES string of the molecule is NC(Cn1nc(Cc2ccccc2C(F)(F)F)c(=O)n(-c2ccccc2Cl)c1=O)c1ccccc1. The zero-order valence-electron chi connectivity index (χ0n) is 18.2. The van der Waals surface area contributed by atoms with Crippen LogP contribution >= 0.6 is 11.6 Å². The maximum atomic E-state index is 13.6. The molecule has 3 aromatic carbocycles. The minimum Gasteiger partial charge on any atom is -0.322 e. The molecule has 1 heterocycles. The second kappa shape index (κ2) is 9.89. The fourth-order valence-corrected chi connectivity index (χ4v) is 3.98. The molecule has 0 saturated carbocycles. The minimum absolute atomic E-state index is 0.0963. The van der Waals surface area contributed by atoms with Gasteiger partial charge >= 0.3 is 11.9 Å². The molecule has 0 amide bonds. The maximum Gasteiger partial charge on any atom is 0.416 e. The Bertz CT molecular complexity index is 1470. The van der Waals surface area contributed by atoms with E-state index in [1.165, 1.54) is 30.3 Å². The summed E-state index contributed by atoms with van der Waals surface area (Å²) in [5.74, 6) is 0. The predicted octanol–water partition coefficient (Wildman–Crippen LogP) is 4.36. The Hall–Kier alpha value is -3.69. The molecule has 0 saturated heterocycles. The quantitative estimate of drug-likeness (QED) is 0.426. The van der Waals surface area contributed by atoms with Gasteiger partial charge in [-0.3, -0.25) is 4.79 Å². The van der Waals surface area contributed by atoms with Gasteiger partial charge in [-0.15, -0.1) is 0 Å². The summed E-state index contributed by atoms with van der Waals surface area (Å²) in [6, 6.07) is 19.4. The summed E-state index contributed by atoms with van der Waals surface area (Å²) >= 11 is 6.25. The van der Waals surface area contributed by atoms with Crippen LogP contribution in [0.1, 0.15) is 28.4 Å².